The molecule has 19 heavy (non-hydrogen) atoms. The van der Waals surface area contributed by atoms with Crippen LogP contribution in [0.5, 0.6) is 0 Å². The summed E-state index contributed by atoms with van der Waals surface area (Å²) in [6.07, 6.45) is 3.45. The molecule has 0 aliphatic carbocycles. The van der Waals surface area contributed by atoms with E-state index in [-0.39, 0.29) is 5.82 Å². The van der Waals surface area contributed by atoms with Crippen LogP contribution >= 0.6 is 0 Å². The maximum absolute atomic E-state index is 13.7. The van der Waals surface area contributed by atoms with Crippen LogP contribution in [-0.4, -0.2) is 25.2 Å². The van der Waals surface area contributed by atoms with Crippen molar-refractivity contribution in [3.05, 3.63) is 29.6 Å². The van der Waals surface area contributed by atoms with E-state index in [0.717, 1.165) is 37.2 Å². The smallest absolute Gasteiger partial charge is 0.128 e. The number of piperidine rings is 1. The van der Waals surface area contributed by atoms with Gasteiger partial charge in [0.25, 0.3) is 0 Å². The molecule has 1 aromatic carbocycles. The van der Waals surface area contributed by atoms with Crippen LogP contribution in [0, 0.1) is 12.7 Å². The Kier molecular flexibility index (Phi) is 4.81. The molecular formula is C16H25FN2. The number of benzene rings is 1. The largest absolute Gasteiger partial charge is 0.368 e. The first-order valence-electron chi connectivity index (χ1n) is 7.38. The molecular weight excluding hydrogens is 239 g/mol. The van der Waals surface area contributed by atoms with E-state index in [4.69, 9.17) is 0 Å². The Morgan fingerprint density at radius 2 is 2.21 bits per heavy atom. The van der Waals surface area contributed by atoms with Crippen molar-refractivity contribution >= 4 is 5.69 Å². The van der Waals surface area contributed by atoms with Crippen molar-refractivity contribution < 1.29 is 4.39 Å². The van der Waals surface area contributed by atoms with Crippen molar-refractivity contribution in [1.82, 2.24) is 5.32 Å². The molecule has 0 spiro atoms. The summed E-state index contributed by atoms with van der Waals surface area (Å²) in [5.74, 6) is -0.101. The Bertz CT molecular complexity index is 419. The molecule has 0 aromatic heterocycles. The van der Waals surface area contributed by atoms with Crippen molar-refractivity contribution in [3.8, 4) is 0 Å². The molecule has 1 aliphatic heterocycles. The molecule has 0 saturated carbocycles. The molecule has 2 unspecified atom stereocenters. The minimum absolute atomic E-state index is 0.101. The molecule has 0 radical (unpaired) electrons. The van der Waals surface area contributed by atoms with E-state index < -0.39 is 0 Å². The van der Waals surface area contributed by atoms with Gasteiger partial charge in [-0.3, -0.25) is 0 Å². The van der Waals surface area contributed by atoms with E-state index in [1.807, 2.05) is 19.1 Å². The monoisotopic (exact) mass is 264 g/mol. The lowest BCUT2D eigenvalue weighted by Gasteiger charge is -2.40. The average molecular weight is 264 g/mol. The maximum atomic E-state index is 13.7. The minimum atomic E-state index is -0.101. The SMILES string of the molecule is CCCNC1CCN(c2cccc(F)c2C)C(C)C1. The summed E-state index contributed by atoms with van der Waals surface area (Å²) in [4.78, 5) is 2.35. The lowest BCUT2D eigenvalue weighted by atomic mass is 9.96. The van der Waals surface area contributed by atoms with Gasteiger partial charge < -0.3 is 10.2 Å². The molecule has 1 aromatic rings. The number of nitrogens with one attached hydrogen (secondary N) is 1. The van der Waals surface area contributed by atoms with Crippen molar-refractivity contribution in [1.29, 1.82) is 0 Å². The molecule has 1 N–H and O–H groups in total. The first-order chi connectivity index (χ1) is 9.13. The third kappa shape index (κ3) is 3.27. The second kappa shape index (κ2) is 6.38. The van der Waals surface area contributed by atoms with Crippen LogP contribution in [0.15, 0.2) is 18.2 Å². The van der Waals surface area contributed by atoms with E-state index in [0.29, 0.717) is 12.1 Å². The van der Waals surface area contributed by atoms with E-state index in [2.05, 4.69) is 24.1 Å². The van der Waals surface area contributed by atoms with Crippen molar-refractivity contribution in [2.24, 2.45) is 0 Å². The summed E-state index contributed by atoms with van der Waals surface area (Å²) in [6.45, 7) is 8.41. The van der Waals surface area contributed by atoms with Crippen LogP contribution in [-0.2, 0) is 0 Å². The highest BCUT2D eigenvalue weighted by Gasteiger charge is 2.26. The molecule has 0 amide bonds. The van der Waals surface area contributed by atoms with Gasteiger partial charge in [0, 0.05) is 29.9 Å². The van der Waals surface area contributed by atoms with Gasteiger partial charge >= 0.3 is 0 Å². The van der Waals surface area contributed by atoms with E-state index in [9.17, 15) is 4.39 Å². The van der Waals surface area contributed by atoms with Gasteiger partial charge in [0.2, 0.25) is 0 Å². The predicted octanol–water partition coefficient (Wildman–Crippen LogP) is 3.49. The summed E-state index contributed by atoms with van der Waals surface area (Å²) in [5.41, 5.74) is 1.83. The second-order valence-electron chi connectivity index (χ2n) is 5.60. The molecule has 106 valence electrons. The summed E-state index contributed by atoms with van der Waals surface area (Å²) >= 11 is 0. The van der Waals surface area contributed by atoms with Gasteiger partial charge in [0.1, 0.15) is 5.82 Å². The highest BCUT2D eigenvalue weighted by atomic mass is 19.1. The highest BCUT2D eigenvalue weighted by molar-refractivity contribution is 5.54. The topological polar surface area (TPSA) is 15.3 Å². The number of hydrogen-bond acceptors (Lipinski definition) is 2. The normalized spacial score (nSPS) is 23.7. The predicted molar refractivity (Wildman–Crippen MR) is 79.3 cm³/mol. The van der Waals surface area contributed by atoms with Crippen LogP contribution in [0.2, 0.25) is 0 Å². The van der Waals surface area contributed by atoms with Crippen LogP contribution < -0.4 is 10.2 Å². The Balaban J connectivity index is 2.05. The number of halogens is 1. The fourth-order valence-corrected chi connectivity index (χ4v) is 2.97. The molecule has 2 rings (SSSR count). The van der Waals surface area contributed by atoms with Crippen LogP contribution in [0.3, 0.4) is 0 Å². The third-order valence-electron chi connectivity index (χ3n) is 4.11. The molecule has 2 atom stereocenters. The van der Waals surface area contributed by atoms with Crippen molar-refractivity contribution in [2.75, 3.05) is 18.0 Å². The molecule has 1 aliphatic rings. The summed E-state index contributed by atoms with van der Waals surface area (Å²) in [7, 11) is 0. The molecule has 3 heteroatoms. The zero-order valence-electron chi connectivity index (χ0n) is 12.2. The van der Waals surface area contributed by atoms with Gasteiger partial charge in [-0.15, -0.1) is 0 Å². The Morgan fingerprint density at radius 3 is 2.89 bits per heavy atom. The average Bonchev–Trinajstić information content (AvgIpc) is 2.40. The molecule has 1 fully saturated rings. The van der Waals surface area contributed by atoms with Crippen molar-refractivity contribution in [3.63, 3.8) is 0 Å². The molecule has 1 heterocycles. The van der Waals surface area contributed by atoms with Crippen molar-refractivity contribution in [2.45, 2.75) is 52.1 Å². The Hall–Kier alpha value is -1.09. The molecule has 1 saturated heterocycles. The summed E-state index contributed by atoms with van der Waals surface area (Å²) in [6, 6.07) is 6.46. The van der Waals surface area contributed by atoms with Crippen LogP contribution in [0.4, 0.5) is 10.1 Å². The number of nitrogens with zero attached hydrogens (tertiary/aromatic N) is 1. The standard InChI is InChI=1S/C16H25FN2/c1-4-9-18-14-8-10-19(12(2)11-14)16-7-5-6-15(17)13(16)3/h5-7,12,14,18H,4,8-11H2,1-3H3. The lowest BCUT2D eigenvalue weighted by Crippen LogP contribution is -2.48. The van der Waals surface area contributed by atoms with Crippen LogP contribution in [0.1, 0.15) is 38.7 Å². The van der Waals surface area contributed by atoms with Gasteiger partial charge in [-0.2, -0.15) is 0 Å². The molecule has 2 nitrogen and oxygen atoms in total. The summed E-state index contributed by atoms with van der Waals surface area (Å²) < 4.78 is 13.7. The zero-order valence-corrected chi connectivity index (χ0v) is 12.2. The third-order valence-corrected chi connectivity index (χ3v) is 4.11. The first kappa shape index (κ1) is 14.3. The van der Waals surface area contributed by atoms with Gasteiger partial charge in [-0.05, 0) is 51.8 Å². The zero-order chi connectivity index (χ0) is 13.8. The fraction of sp³-hybridized carbons (Fsp3) is 0.625. The number of hydrogen-bond donors (Lipinski definition) is 1. The van der Waals surface area contributed by atoms with Gasteiger partial charge in [0.15, 0.2) is 0 Å². The second-order valence-corrected chi connectivity index (χ2v) is 5.60. The Labute approximate surface area is 116 Å². The lowest BCUT2D eigenvalue weighted by molar-refractivity contribution is 0.368. The van der Waals surface area contributed by atoms with E-state index in [1.54, 1.807) is 6.07 Å². The van der Waals surface area contributed by atoms with E-state index in [1.165, 1.54) is 6.42 Å². The first-order valence-corrected chi connectivity index (χ1v) is 7.38. The maximum Gasteiger partial charge on any atom is 0.128 e. The summed E-state index contributed by atoms with van der Waals surface area (Å²) in [5, 5.41) is 3.60. The number of anilines is 1. The quantitative estimate of drug-likeness (QED) is 0.895. The van der Waals surface area contributed by atoms with E-state index >= 15 is 0 Å². The minimum Gasteiger partial charge on any atom is -0.368 e. The molecule has 0 bridgehead atoms. The highest BCUT2D eigenvalue weighted by Crippen LogP contribution is 2.28. The fourth-order valence-electron chi connectivity index (χ4n) is 2.97. The Morgan fingerprint density at radius 1 is 1.42 bits per heavy atom. The van der Waals surface area contributed by atoms with Crippen LogP contribution in [0.25, 0.3) is 0 Å². The van der Waals surface area contributed by atoms with Gasteiger partial charge in [-0.1, -0.05) is 13.0 Å². The van der Waals surface area contributed by atoms with Gasteiger partial charge in [0.05, 0.1) is 0 Å². The number of rotatable bonds is 4. The van der Waals surface area contributed by atoms with Gasteiger partial charge in [-0.25, -0.2) is 4.39 Å².